The van der Waals surface area contributed by atoms with Gasteiger partial charge in [-0.05, 0) is 12.1 Å². The highest BCUT2D eigenvalue weighted by molar-refractivity contribution is 5.87. The Morgan fingerprint density at radius 2 is 2.09 bits per heavy atom. The van der Waals surface area contributed by atoms with E-state index in [1.54, 1.807) is 6.33 Å². The minimum Gasteiger partial charge on any atom is -0.373 e. The topological polar surface area (TPSA) is 82.1 Å². The quantitative estimate of drug-likeness (QED) is 0.776. The minimum absolute atomic E-state index is 0.0398. The number of rotatable bonds is 3. The van der Waals surface area contributed by atoms with Gasteiger partial charge in [-0.2, -0.15) is 5.10 Å². The van der Waals surface area contributed by atoms with Crippen molar-refractivity contribution in [3.05, 3.63) is 42.9 Å². The summed E-state index contributed by atoms with van der Waals surface area (Å²) in [6.07, 6.45) is 3.45. The van der Waals surface area contributed by atoms with Crippen LogP contribution < -0.4 is 10.6 Å². The third-order valence-electron chi connectivity index (χ3n) is 4.05. The first-order chi connectivity index (χ1) is 11.4. The summed E-state index contributed by atoms with van der Waals surface area (Å²) in [7, 11) is 0. The van der Waals surface area contributed by atoms with Gasteiger partial charge in [-0.1, -0.05) is 18.2 Å². The SMILES string of the molecule is NC[C@@H]1CN(c2ncnc3c2cnn3-c2ccccc2)CCO1. The first kappa shape index (κ1) is 14.1. The van der Waals surface area contributed by atoms with Crippen LogP contribution in [0, 0.1) is 0 Å². The van der Waals surface area contributed by atoms with Crippen LogP contribution in [0.5, 0.6) is 0 Å². The number of nitrogens with zero attached hydrogens (tertiary/aromatic N) is 5. The molecule has 0 saturated carbocycles. The van der Waals surface area contributed by atoms with Gasteiger partial charge < -0.3 is 15.4 Å². The second kappa shape index (κ2) is 5.94. The third-order valence-corrected chi connectivity index (χ3v) is 4.05. The second-order valence-electron chi connectivity index (χ2n) is 5.50. The molecule has 118 valence electrons. The highest BCUT2D eigenvalue weighted by atomic mass is 16.5. The first-order valence-corrected chi connectivity index (χ1v) is 7.67. The average Bonchev–Trinajstić information content (AvgIpc) is 3.06. The lowest BCUT2D eigenvalue weighted by Crippen LogP contribution is -2.46. The van der Waals surface area contributed by atoms with Crippen LogP contribution in [0.3, 0.4) is 0 Å². The molecule has 7 heteroatoms. The molecule has 0 radical (unpaired) electrons. The summed E-state index contributed by atoms with van der Waals surface area (Å²) in [5.41, 5.74) is 7.52. The Morgan fingerprint density at radius 3 is 2.91 bits per heavy atom. The van der Waals surface area contributed by atoms with Crippen LogP contribution in [0.2, 0.25) is 0 Å². The summed E-state index contributed by atoms with van der Waals surface area (Å²) in [4.78, 5) is 11.1. The molecule has 3 heterocycles. The highest BCUT2D eigenvalue weighted by Gasteiger charge is 2.23. The lowest BCUT2D eigenvalue weighted by Gasteiger charge is -2.33. The molecule has 23 heavy (non-hydrogen) atoms. The Balaban J connectivity index is 1.76. The van der Waals surface area contributed by atoms with Crippen LogP contribution in [-0.4, -0.2) is 52.1 Å². The molecule has 1 aromatic carbocycles. The summed E-state index contributed by atoms with van der Waals surface area (Å²) in [5, 5.41) is 5.43. The van der Waals surface area contributed by atoms with Gasteiger partial charge in [0.15, 0.2) is 5.65 Å². The van der Waals surface area contributed by atoms with E-state index in [2.05, 4.69) is 20.0 Å². The van der Waals surface area contributed by atoms with Crippen LogP contribution in [0.1, 0.15) is 0 Å². The second-order valence-corrected chi connectivity index (χ2v) is 5.50. The van der Waals surface area contributed by atoms with E-state index in [4.69, 9.17) is 10.5 Å². The molecule has 4 rings (SSSR count). The van der Waals surface area contributed by atoms with Crippen molar-refractivity contribution in [3.8, 4) is 5.69 Å². The van der Waals surface area contributed by atoms with E-state index >= 15 is 0 Å². The van der Waals surface area contributed by atoms with Gasteiger partial charge in [0.1, 0.15) is 12.1 Å². The molecule has 1 aliphatic rings. The van der Waals surface area contributed by atoms with Crippen LogP contribution in [0.15, 0.2) is 42.9 Å². The molecule has 1 atom stereocenters. The van der Waals surface area contributed by atoms with Crippen LogP contribution in [-0.2, 0) is 4.74 Å². The number of benzene rings is 1. The number of fused-ring (bicyclic) bond motifs is 1. The maximum absolute atomic E-state index is 5.74. The molecule has 0 unspecified atom stereocenters. The fourth-order valence-corrected chi connectivity index (χ4v) is 2.90. The Hall–Kier alpha value is -2.51. The molecule has 3 aromatic rings. The molecule has 1 saturated heterocycles. The van der Waals surface area contributed by atoms with E-state index in [1.165, 1.54) is 0 Å². The summed E-state index contributed by atoms with van der Waals surface area (Å²) in [6.45, 7) is 2.69. The smallest absolute Gasteiger partial charge is 0.168 e. The number of nitrogens with two attached hydrogens (primary N) is 1. The Labute approximate surface area is 133 Å². The van der Waals surface area contributed by atoms with Gasteiger partial charge in [0.2, 0.25) is 0 Å². The van der Waals surface area contributed by atoms with Gasteiger partial charge in [-0.3, -0.25) is 0 Å². The molecule has 2 N–H and O–H groups in total. The van der Waals surface area contributed by atoms with Crippen molar-refractivity contribution < 1.29 is 4.74 Å². The van der Waals surface area contributed by atoms with Crippen molar-refractivity contribution in [2.45, 2.75) is 6.10 Å². The zero-order valence-electron chi connectivity index (χ0n) is 12.7. The summed E-state index contributed by atoms with van der Waals surface area (Å²) in [5.74, 6) is 0.888. The predicted molar refractivity (Wildman–Crippen MR) is 87.7 cm³/mol. The van der Waals surface area contributed by atoms with Crippen molar-refractivity contribution in [1.82, 2.24) is 19.7 Å². The van der Waals surface area contributed by atoms with E-state index < -0.39 is 0 Å². The fourth-order valence-electron chi connectivity index (χ4n) is 2.90. The van der Waals surface area contributed by atoms with E-state index in [-0.39, 0.29) is 6.10 Å². The maximum Gasteiger partial charge on any atom is 0.168 e. The van der Waals surface area contributed by atoms with Crippen molar-refractivity contribution in [3.63, 3.8) is 0 Å². The number of para-hydroxylation sites is 1. The monoisotopic (exact) mass is 310 g/mol. The summed E-state index contributed by atoms with van der Waals surface area (Å²) in [6, 6.07) is 9.97. The standard InChI is InChI=1S/C16H18N6O/c17-8-13-10-21(6-7-23-13)15-14-9-20-22(16(14)19-11-18-15)12-4-2-1-3-5-12/h1-5,9,11,13H,6-8,10,17H2/t13-/m1/s1. The third kappa shape index (κ3) is 2.54. The average molecular weight is 310 g/mol. The van der Waals surface area contributed by atoms with Gasteiger partial charge in [-0.25, -0.2) is 14.6 Å². The number of morpholine rings is 1. The number of hydrogen-bond acceptors (Lipinski definition) is 6. The zero-order valence-corrected chi connectivity index (χ0v) is 12.7. The van der Waals surface area contributed by atoms with E-state index in [9.17, 15) is 0 Å². The maximum atomic E-state index is 5.74. The van der Waals surface area contributed by atoms with E-state index in [1.807, 2.05) is 41.2 Å². The van der Waals surface area contributed by atoms with E-state index in [0.29, 0.717) is 13.2 Å². The number of anilines is 1. The summed E-state index contributed by atoms with van der Waals surface area (Å²) >= 11 is 0. The molecule has 7 nitrogen and oxygen atoms in total. The van der Waals surface area contributed by atoms with Gasteiger partial charge in [-0.15, -0.1) is 0 Å². The fraction of sp³-hybridized carbons (Fsp3) is 0.312. The Morgan fingerprint density at radius 1 is 1.22 bits per heavy atom. The Bertz CT molecular complexity index is 803. The molecule has 0 bridgehead atoms. The van der Waals surface area contributed by atoms with E-state index in [0.717, 1.165) is 35.6 Å². The van der Waals surface area contributed by atoms with Crippen molar-refractivity contribution in [1.29, 1.82) is 0 Å². The van der Waals surface area contributed by atoms with Gasteiger partial charge in [0.25, 0.3) is 0 Å². The predicted octanol–water partition coefficient (Wildman–Crippen LogP) is 0.979. The Kier molecular flexibility index (Phi) is 3.64. The number of ether oxygens (including phenoxy) is 1. The number of hydrogen-bond donors (Lipinski definition) is 1. The lowest BCUT2D eigenvalue weighted by molar-refractivity contribution is 0.0464. The molecule has 1 fully saturated rings. The molecule has 0 aliphatic carbocycles. The molecular formula is C16H18N6O. The van der Waals surface area contributed by atoms with Gasteiger partial charge >= 0.3 is 0 Å². The molecule has 0 amide bonds. The largest absolute Gasteiger partial charge is 0.373 e. The van der Waals surface area contributed by atoms with Crippen LogP contribution in [0.4, 0.5) is 5.82 Å². The first-order valence-electron chi connectivity index (χ1n) is 7.67. The summed E-state index contributed by atoms with van der Waals surface area (Å²) < 4.78 is 7.47. The molecular weight excluding hydrogens is 292 g/mol. The van der Waals surface area contributed by atoms with Crippen molar-refractivity contribution in [2.75, 3.05) is 31.1 Å². The van der Waals surface area contributed by atoms with Crippen molar-refractivity contribution in [2.24, 2.45) is 5.73 Å². The van der Waals surface area contributed by atoms with Crippen molar-refractivity contribution >= 4 is 16.9 Å². The number of aromatic nitrogens is 4. The van der Waals surface area contributed by atoms with Crippen LogP contribution in [0.25, 0.3) is 16.7 Å². The molecule has 2 aromatic heterocycles. The highest BCUT2D eigenvalue weighted by Crippen LogP contribution is 2.25. The molecule has 1 aliphatic heterocycles. The van der Waals surface area contributed by atoms with Gasteiger partial charge in [0, 0.05) is 19.6 Å². The normalized spacial score (nSPS) is 18.5. The van der Waals surface area contributed by atoms with Crippen LogP contribution >= 0.6 is 0 Å². The molecule has 0 spiro atoms. The zero-order chi connectivity index (χ0) is 15.6. The van der Waals surface area contributed by atoms with Gasteiger partial charge in [0.05, 0.1) is 30.0 Å². The minimum atomic E-state index is 0.0398. The lowest BCUT2D eigenvalue weighted by atomic mass is 10.2.